The number of rotatable bonds is 2. The molecule has 0 aromatic carbocycles. The molecule has 0 bridgehead atoms. The second-order valence-electron chi connectivity index (χ2n) is 3.10. The van der Waals surface area contributed by atoms with Crippen LogP contribution < -0.4 is 5.32 Å². The Morgan fingerprint density at radius 3 is 2.50 bits per heavy atom. The molecule has 10 heavy (non-hydrogen) atoms. The third kappa shape index (κ3) is 2.74. The molecule has 0 aromatic rings. The molecule has 1 aliphatic rings. The van der Waals surface area contributed by atoms with Crippen molar-refractivity contribution in [3.8, 4) is 0 Å². The van der Waals surface area contributed by atoms with Gasteiger partial charge in [0.05, 0.1) is 0 Å². The maximum absolute atomic E-state index is 3.27. The second kappa shape index (κ2) is 4.54. The van der Waals surface area contributed by atoms with Gasteiger partial charge in [-0.25, -0.2) is 0 Å². The van der Waals surface area contributed by atoms with Gasteiger partial charge in [-0.3, -0.25) is 0 Å². The van der Waals surface area contributed by atoms with E-state index < -0.39 is 0 Å². The van der Waals surface area contributed by atoms with Crippen LogP contribution in [0.2, 0.25) is 0 Å². The summed E-state index contributed by atoms with van der Waals surface area (Å²) in [5, 5.41) is 3.27. The molecule has 1 heterocycles. The van der Waals surface area contributed by atoms with Crippen LogP contribution in [0.5, 0.6) is 0 Å². The standard InChI is InChI=1S/C8H18IN/c1-9-5-3-8(4-6-9)7-10-2/h8,10H,3-7H2,1-2H3. The number of halogens is 1. The van der Waals surface area contributed by atoms with Gasteiger partial charge >= 0.3 is 71.3 Å². The monoisotopic (exact) mass is 255 g/mol. The van der Waals surface area contributed by atoms with Crippen molar-refractivity contribution in [3.63, 3.8) is 0 Å². The molecule has 0 amide bonds. The fraction of sp³-hybridized carbons (Fsp3) is 1.00. The molecular weight excluding hydrogens is 237 g/mol. The first-order valence-corrected chi connectivity index (χ1v) is 9.20. The molecule has 0 aromatic heterocycles. The average molecular weight is 255 g/mol. The van der Waals surface area contributed by atoms with Crippen molar-refractivity contribution in [1.29, 1.82) is 0 Å². The molecule has 1 rings (SSSR count). The van der Waals surface area contributed by atoms with Gasteiger partial charge in [-0.15, -0.1) is 0 Å². The summed E-state index contributed by atoms with van der Waals surface area (Å²) in [6.07, 6.45) is 3.03. The van der Waals surface area contributed by atoms with E-state index in [0.717, 1.165) is 5.92 Å². The van der Waals surface area contributed by atoms with Crippen molar-refractivity contribution in [2.45, 2.75) is 12.8 Å². The van der Waals surface area contributed by atoms with Gasteiger partial charge in [0.25, 0.3) is 0 Å². The van der Waals surface area contributed by atoms with Gasteiger partial charge in [0.1, 0.15) is 0 Å². The third-order valence-electron chi connectivity index (χ3n) is 2.17. The number of nitrogens with one attached hydrogen (secondary N) is 1. The van der Waals surface area contributed by atoms with E-state index in [9.17, 15) is 0 Å². The molecule has 0 unspecified atom stereocenters. The van der Waals surface area contributed by atoms with Crippen molar-refractivity contribution in [3.05, 3.63) is 0 Å². The first-order chi connectivity index (χ1) is 4.83. The summed E-state index contributed by atoms with van der Waals surface area (Å²) in [4.78, 5) is 2.53. The molecule has 0 radical (unpaired) electrons. The second-order valence-corrected chi connectivity index (χ2v) is 9.39. The van der Waals surface area contributed by atoms with Crippen LogP contribution in [0.3, 0.4) is 0 Å². The van der Waals surface area contributed by atoms with Gasteiger partial charge in [0.2, 0.25) is 0 Å². The molecule has 1 saturated heterocycles. The Kier molecular flexibility index (Phi) is 3.99. The summed E-state index contributed by atoms with van der Waals surface area (Å²) in [5.41, 5.74) is 0. The van der Waals surface area contributed by atoms with Gasteiger partial charge in [-0.05, 0) is 0 Å². The summed E-state index contributed by atoms with van der Waals surface area (Å²) >= 11 is -0.337. The summed E-state index contributed by atoms with van der Waals surface area (Å²) < 4.78 is 3.21. The molecule has 1 N–H and O–H groups in total. The fourth-order valence-electron chi connectivity index (χ4n) is 1.41. The molecule has 0 atom stereocenters. The van der Waals surface area contributed by atoms with Gasteiger partial charge < -0.3 is 0 Å². The van der Waals surface area contributed by atoms with Gasteiger partial charge in [0.15, 0.2) is 0 Å². The molecule has 1 nitrogen and oxygen atoms in total. The van der Waals surface area contributed by atoms with E-state index in [0.29, 0.717) is 0 Å². The summed E-state index contributed by atoms with van der Waals surface area (Å²) in [7, 11) is 2.07. The van der Waals surface area contributed by atoms with Gasteiger partial charge in [0, 0.05) is 0 Å². The van der Waals surface area contributed by atoms with Gasteiger partial charge in [-0.1, -0.05) is 0 Å². The summed E-state index contributed by atoms with van der Waals surface area (Å²) in [6, 6.07) is 0. The molecular formula is C8H18IN. The van der Waals surface area contributed by atoms with Crippen molar-refractivity contribution in [2.24, 2.45) is 5.92 Å². The minimum atomic E-state index is -0.337. The Morgan fingerprint density at radius 2 is 2.00 bits per heavy atom. The SMILES string of the molecule is CNCC1CCI(C)CC1. The summed E-state index contributed by atoms with van der Waals surface area (Å²) in [6.45, 7) is 1.25. The van der Waals surface area contributed by atoms with Crippen LogP contribution in [-0.4, -0.2) is 27.4 Å². The van der Waals surface area contributed by atoms with Crippen LogP contribution >= 0.6 is 19.8 Å². The van der Waals surface area contributed by atoms with Crippen LogP contribution in [0.15, 0.2) is 0 Å². The first kappa shape index (κ1) is 8.78. The number of alkyl halides is 3. The minimum absolute atomic E-state index is 0.337. The maximum atomic E-state index is 3.27. The first-order valence-electron chi connectivity index (χ1n) is 3.99. The molecule has 62 valence electrons. The fourth-order valence-corrected chi connectivity index (χ4v) is 5.84. The van der Waals surface area contributed by atoms with Crippen molar-refractivity contribution < 1.29 is 0 Å². The van der Waals surface area contributed by atoms with Crippen molar-refractivity contribution in [1.82, 2.24) is 5.32 Å². The Bertz CT molecular complexity index is 87.3. The molecule has 0 spiro atoms. The zero-order valence-electron chi connectivity index (χ0n) is 6.99. The van der Waals surface area contributed by atoms with E-state index in [1.165, 1.54) is 19.4 Å². The zero-order chi connectivity index (χ0) is 7.40. The van der Waals surface area contributed by atoms with E-state index in [2.05, 4.69) is 17.3 Å². The Morgan fingerprint density at radius 1 is 1.40 bits per heavy atom. The van der Waals surface area contributed by atoms with Crippen LogP contribution in [0, 0.1) is 5.92 Å². The van der Waals surface area contributed by atoms with Crippen LogP contribution in [0.4, 0.5) is 0 Å². The topological polar surface area (TPSA) is 12.0 Å². The zero-order valence-corrected chi connectivity index (χ0v) is 9.15. The van der Waals surface area contributed by atoms with Crippen molar-refractivity contribution in [2.75, 3.05) is 27.4 Å². The predicted molar refractivity (Wildman–Crippen MR) is 56.3 cm³/mol. The number of hydrogen-bond acceptors (Lipinski definition) is 1. The predicted octanol–water partition coefficient (Wildman–Crippen LogP) is 1.75. The molecule has 0 aliphatic carbocycles. The van der Waals surface area contributed by atoms with E-state index in [1.54, 1.807) is 8.86 Å². The van der Waals surface area contributed by atoms with Gasteiger partial charge in [-0.2, -0.15) is 0 Å². The van der Waals surface area contributed by atoms with Crippen LogP contribution in [-0.2, 0) is 0 Å². The van der Waals surface area contributed by atoms with E-state index in [-0.39, 0.29) is 19.8 Å². The van der Waals surface area contributed by atoms with E-state index in [4.69, 9.17) is 0 Å². The van der Waals surface area contributed by atoms with E-state index >= 15 is 0 Å². The third-order valence-corrected chi connectivity index (χ3v) is 7.10. The molecule has 2 heteroatoms. The summed E-state index contributed by atoms with van der Waals surface area (Å²) in [5.74, 6) is 1.01. The Hall–Kier alpha value is 0.690. The van der Waals surface area contributed by atoms with E-state index in [1.807, 2.05) is 0 Å². The van der Waals surface area contributed by atoms with Crippen LogP contribution in [0.25, 0.3) is 0 Å². The van der Waals surface area contributed by atoms with Crippen molar-refractivity contribution >= 4 is 19.8 Å². The van der Waals surface area contributed by atoms with Crippen LogP contribution in [0.1, 0.15) is 12.8 Å². The average Bonchev–Trinajstić information content (AvgIpc) is 1.95. The quantitative estimate of drug-likeness (QED) is 0.585. The molecule has 1 fully saturated rings. The Balaban J connectivity index is 2.13. The molecule has 1 aliphatic heterocycles. The number of hydrogen-bond donors (Lipinski definition) is 1. The molecule has 0 saturated carbocycles. The Labute approximate surface area is 71.3 Å². The normalized spacial score (nSPS) is 25.2.